The fraction of sp³-hybridized carbons (Fsp3) is 0.447. The Bertz CT molecular complexity index is 1580. The Kier molecular flexibility index (Phi) is 8.60. The summed E-state index contributed by atoms with van der Waals surface area (Å²) >= 11 is 0. The van der Waals surface area contributed by atoms with Crippen LogP contribution in [0.5, 0.6) is 17.2 Å². The second-order valence-corrected chi connectivity index (χ2v) is 13.8. The van der Waals surface area contributed by atoms with Gasteiger partial charge in [-0.05, 0) is 116 Å². The zero-order valence-electron chi connectivity index (χ0n) is 26.8. The van der Waals surface area contributed by atoms with Gasteiger partial charge in [-0.2, -0.15) is 0 Å². The van der Waals surface area contributed by atoms with Gasteiger partial charge in [-0.25, -0.2) is 0 Å². The van der Waals surface area contributed by atoms with Gasteiger partial charge < -0.3 is 20.1 Å². The van der Waals surface area contributed by atoms with Gasteiger partial charge in [0, 0.05) is 24.8 Å². The van der Waals surface area contributed by atoms with Crippen LogP contribution in [0.3, 0.4) is 0 Å². The first kappa shape index (κ1) is 32.3. The third-order valence-corrected chi connectivity index (χ3v) is 11.1. The lowest BCUT2D eigenvalue weighted by Gasteiger charge is -2.58. The van der Waals surface area contributed by atoms with Crippen molar-refractivity contribution in [2.45, 2.75) is 78.7 Å². The monoisotopic (exact) mass is 612 g/mol. The Morgan fingerprint density at radius 2 is 1.47 bits per heavy atom. The number of hydrogen-bond acceptors (Lipinski definition) is 7. The third-order valence-electron chi connectivity index (χ3n) is 11.1. The highest BCUT2D eigenvalue weighted by Gasteiger charge is 2.67. The number of benzene rings is 2. The van der Waals surface area contributed by atoms with Crippen LogP contribution < -0.4 is 0 Å². The summed E-state index contributed by atoms with van der Waals surface area (Å²) in [5.74, 6) is 1.30. The molecule has 0 aromatic heterocycles. The molecule has 6 rings (SSSR count). The number of aromatic hydroxyl groups is 3. The van der Waals surface area contributed by atoms with Gasteiger partial charge >= 0.3 is 5.97 Å². The Morgan fingerprint density at radius 1 is 0.844 bits per heavy atom. The summed E-state index contributed by atoms with van der Waals surface area (Å²) in [4.78, 5) is 36.8. The van der Waals surface area contributed by atoms with Crippen molar-refractivity contribution in [3.8, 4) is 17.2 Å². The van der Waals surface area contributed by atoms with Crippen LogP contribution in [0.25, 0.3) is 12.2 Å². The van der Waals surface area contributed by atoms with E-state index in [1.807, 2.05) is 12.2 Å². The maximum Gasteiger partial charge on any atom is 0.303 e. The minimum absolute atomic E-state index is 0.0160. The van der Waals surface area contributed by atoms with Crippen LogP contribution in [0.1, 0.15) is 84.3 Å². The number of ether oxygens (including phenoxy) is 1. The molecule has 0 heterocycles. The highest BCUT2D eigenvalue weighted by Crippen LogP contribution is 2.67. The largest absolute Gasteiger partial charge is 0.508 e. The molecule has 0 bridgehead atoms. The van der Waals surface area contributed by atoms with E-state index in [0.717, 1.165) is 31.2 Å². The fourth-order valence-corrected chi connectivity index (χ4v) is 8.97. The fourth-order valence-electron chi connectivity index (χ4n) is 8.97. The van der Waals surface area contributed by atoms with Gasteiger partial charge in [0.1, 0.15) is 17.2 Å². The van der Waals surface area contributed by atoms with Crippen LogP contribution in [-0.4, -0.2) is 38.5 Å². The van der Waals surface area contributed by atoms with Crippen LogP contribution in [0.4, 0.5) is 0 Å². The van der Waals surface area contributed by atoms with Gasteiger partial charge in [0.05, 0.1) is 0 Å². The predicted octanol–water partition coefficient (Wildman–Crippen LogP) is 7.55. The molecule has 2 aromatic rings. The molecule has 6 atom stereocenters. The molecule has 7 nitrogen and oxygen atoms in total. The van der Waals surface area contributed by atoms with Gasteiger partial charge in [0.2, 0.25) is 0 Å². The molecular weight excluding hydrogens is 568 g/mol. The summed E-state index contributed by atoms with van der Waals surface area (Å²) in [6.07, 6.45) is 12.8. The number of phenolic OH excluding ortho intramolecular Hbond substituents is 3. The molecule has 4 aliphatic rings. The van der Waals surface area contributed by atoms with Crippen LogP contribution in [-0.2, 0) is 19.1 Å². The van der Waals surface area contributed by atoms with E-state index in [0.29, 0.717) is 36.2 Å². The summed E-state index contributed by atoms with van der Waals surface area (Å²) in [5, 5.41) is 27.7. The molecule has 2 fully saturated rings. The van der Waals surface area contributed by atoms with E-state index >= 15 is 0 Å². The number of carbonyl (C=O) groups excluding carboxylic acids is 3. The minimum Gasteiger partial charge on any atom is -0.508 e. The number of esters is 1. The first-order chi connectivity index (χ1) is 21.2. The second kappa shape index (κ2) is 12.0. The van der Waals surface area contributed by atoms with Crippen molar-refractivity contribution in [2.24, 2.45) is 28.6 Å². The Balaban J connectivity index is 0.000000201. The SMILES string of the molecule is CC(=O)OC1(C(C)=O)CCC2C3C=C(C)C4=CC(=O)CCC4(C)C3CCC21C.Oc1ccc(C=Cc2cc(O)cc(O)c2)cc1. The summed E-state index contributed by atoms with van der Waals surface area (Å²) in [6, 6.07) is 11.1. The van der Waals surface area contributed by atoms with E-state index in [1.54, 1.807) is 49.4 Å². The first-order valence-electron chi connectivity index (χ1n) is 15.8. The Labute approximate surface area is 265 Å². The van der Waals surface area contributed by atoms with Crippen molar-refractivity contribution >= 4 is 29.7 Å². The third kappa shape index (κ3) is 5.85. The lowest BCUT2D eigenvalue weighted by molar-refractivity contribution is -0.185. The number of allylic oxidation sites excluding steroid dienone is 4. The number of phenols is 3. The first-order valence-corrected chi connectivity index (χ1v) is 15.8. The second-order valence-electron chi connectivity index (χ2n) is 13.8. The standard InChI is InChI=1S/C24H32O4.C14H12O3/c1-14-12-18-19(22(4)9-6-17(27)13-21(14)22)7-10-23(5)20(18)8-11-24(23,15(2)25)28-16(3)26;15-12-5-3-10(4-6-12)1-2-11-7-13(16)9-14(17)8-11/h12-13,18-20H,6-11H2,1-5H3;1-9,15-17H. The molecular formula is C38H44O7. The molecule has 238 valence electrons. The lowest BCUT2D eigenvalue weighted by atomic mass is 9.47. The average Bonchev–Trinajstić information content (AvgIpc) is 3.26. The van der Waals surface area contributed by atoms with Crippen LogP contribution in [0, 0.1) is 28.6 Å². The zero-order chi connectivity index (χ0) is 32.7. The van der Waals surface area contributed by atoms with Gasteiger partial charge in [-0.1, -0.05) is 49.8 Å². The lowest BCUT2D eigenvalue weighted by Crippen LogP contribution is -2.58. The molecule has 45 heavy (non-hydrogen) atoms. The van der Waals surface area contributed by atoms with Gasteiger partial charge in [0.15, 0.2) is 17.2 Å². The summed E-state index contributed by atoms with van der Waals surface area (Å²) in [5.41, 5.74) is 2.78. The Morgan fingerprint density at radius 3 is 2.09 bits per heavy atom. The smallest absolute Gasteiger partial charge is 0.303 e. The number of Topliss-reactive ketones (excluding diaryl/α,β-unsaturated/α-hetero) is 1. The number of hydrogen-bond donors (Lipinski definition) is 3. The van der Waals surface area contributed by atoms with E-state index in [2.05, 4.69) is 26.8 Å². The van der Waals surface area contributed by atoms with Gasteiger partial charge in [-0.3, -0.25) is 14.4 Å². The zero-order valence-corrected chi connectivity index (χ0v) is 26.8. The molecule has 7 heteroatoms. The number of ketones is 2. The molecule has 0 radical (unpaired) electrons. The van der Waals surface area contributed by atoms with E-state index in [4.69, 9.17) is 9.84 Å². The molecule has 6 unspecified atom stereocenters. The Hall–Kier alpha value is -4.13. The molecule has 4 aliphatic carbocycles. The summed E-state index contributed by atoms with van der Waals surface area (Å²) in [7, 11) is 0. The molecule has 0 spiro atoms. The van der Waals surface area contributed by atoms with Crippen molar-refractivity contribution in [1.82, 2.24) is 0 Å². The molecule has 0 aliphatic heterocycles. The van der Waals surface area contributed by atoms with Crippen LogP contribution >= 0.6 is 0 Å². The molecule has 0 saturated heterocycles. The number of carbonyl (C=O) groups is 3. The summed E-state index contributed by atoms with van der Waals surface area (Å²) in [6.45, 7) is 9.63. The number of rotatable bonds is 4. The maximum atomic E-state index is 12.8. The van der Waals surface area contributed by atoms with E-state index in [-0.39, 0.29) is 45.6 Å². The molecule has 0 amide bonds. The van der Waals surface area contributed by atoms with Crippen molar-refractivity contribution in [2.75, 3.05) is 0 Å². The highest BCUT2D eigenvalue weighted by molar-refractivity contribution is 5.92. The predicted molar refractivity (Wildman–Crippen MR) is 173 cm³/mol. The molecule has 2 aromatic carbocycles. The minimum atomic E-state index is -0.990. The average molecular weight is 613 g/mol. The van der Waals surface area contributed by atoms with E-state index in [9.17, 15) is 24.6 Å². The van der Waals surface area contributed by atoms with Crippen molar-refractivity contribution < 1.29 is 34.4 Å². The number of fused-ring (bicyclic) bond motifs is 5. The summed E-state index contributed by atoms with van der Waals surface area (Å²) < 4.78 is 5.82. The quantitative estimate of drug-likeness (QED) is 0.241. The van der Waals surface area contributed by atoms with Gasteiger partial charge in [-0.15, -0.1) is 0 Å². The van der Waals surface area contributed by atoms with Crippen molar-refractivity contribution in [3.63, 3.8) is 0 Å². The van der Waals surface area contributed by atoms with E-state index < -0.39 is 5.60 Å². The normalized spacial score (nSPS) is 31.8. The van der Waals surface area contributed by atoms with E-state index in [1.165, 1.54) is 24.1 Å². The van der Waals surface area contributed by atoms with Crippen LogP contribution in [0.2, 0.25) is 0 Å². The van der Waals surface area contributed by atoms with Gasteiger partial charge in [0.25, 0.3) is 0 Å². The van der Waals surface area contributed by atoms with Crippen molar-refractivity contribution in [3.05, 3.63) is 76.9 Å². The topological polar surface area (TPSA) is 121 Å². The van der Waals surface area contributed by atoms with Crippen LogP contribution in [0.15, 0.2) is 65.8 Å². The molecule has 3 N–H and O–H groups in total. The van der Waals surface area contributed by atoms with Crippen molar-refractivity contribution in [1.29, 1.82) is 0 Å². The maximum absolute atomic E-state index is 12.8. The molecule has 2 saturated carbocycles. The highest BCUT2D eigenvalue weighted by atomic mass is 16.6.